The molecule has 0 aromatic carbocycles. The van der Waals surface area contributed by atoms with Crippen LogP contribution >= 0.6 is 10.7 Å². The van der Waals surface area contributed by atoms with Gasteiger partial charge < -0.3 is 5.32 Å². The van der Waals surface area contributed by atoms with Gasteiger partial charge >= 0.3 is 0 Å². The van der Waals surface area contributed by atoms with E-state index in [1.54, 1.807) is 6.92 Å². The minimum Gasteiger partial charge on any atom is -0.348 e. The molecule has 1 heterocycles. The summed E-state index contributed by atoms with van der Waals surface area (Å²) < 4.78 is 23.3. The van der Waals surface area contributed by atoms with Gasteiger partial charge in [0.15, 0.2) is 5.69 Å². The third kappa shape index (κ3) is 3.97. The van der Waals surface area contributed by atoms with Crippen molar-refractivity contribution in [3.8, 4) is 0 Å². The van der Waals surface area contributed by atoms with Crippen LogP contribution in [0, 0.1) is 0 Å². The van der Waals surface area contributed by atoms with Crippen LogP contribution in [0.5, 0.6) is 0 Å². The molecular formula is C13H20ClN3O3S. The number of carbonyl (C=O) groups excluding carboxylic acids is 1. The van der Waals surface area contributed by atoms with Crippen molar-refractivity contribution < 1.29 is 13.2 Å². The van der Waals surface area contributed by atoms with Crippen molar-refractivity contribution in [3.05, 3.63) is 11.4 Å². The molecule has 2 rings (SSSR count). The lowest BCUT2D eigenvalue weighted by atomic mass is 10.1. The number of H-pyrrole nitrogens is 1. The number of hydrogen-bond acceptors (Lipinski definition) is 4. The van der Waals surface area contributed by atoms with E-state index in [-0.39, 0.29) is 16.6 Å². The summed E-state index contributed by atoms with van der Waals surface area (Å²) in [5.41, 5.74) is 0.224. The highest BCUT2D eigenvalue weighted by Gasteiger charge is 2.29. The number of carbonyl (C=O) groups is 1. The molecule has 0 spiro atoms. The Labute approximate surface area is 129 Å². The van der Waals surface area contributed by atoms with Gasteiger partial charge in [-0.3, -0.25) is 9.89 Å². The second kappa shape index (κ2) is 6.79. The standard InChI is InChI=1S/C13H20ClN3O3S/c1-2-10-12(21(14,19)20)11(17-16-10)13(18)15-9-7-5-3-4-6-8-9/h9H,2-8H2,1H3,(H,15,18)(H,16,17). The zero-order chi connectivity index (χ0) is 15.5. The monoisotopic (exact) mass is 333 g/mol. The Morgan fingerprint density at radius 3 is 2.48 bits per heavy atom. The van der Waals surface area contributed by atoms with Crippen molar-refractivity contribution in [3.63, 3.8) is 0 Å². The molecule has 8 heteroatoms. The van der Waals surface area contributed by atoms with Gasteiger partial charge in [-0.2, -0.15) is 5.10 Å². The summed E-state index contributed by atoms with van der Waals surface area (Å²) in [6.07, 6.45) is 6.75. The predicted molar refractivity (Wildman–Crippen MR) is 80.0 cm³/mol. The summed E-state index contributed by atoms with van der Waals surface area (Å²) in [6, 6.07) is 0.0765. The Hall–Kier alpha value is -1.08. The molecule has 1 fully saturated rings. The minimum atomic E-state index is -4.01. The second-order valence-electron chi connectivity index (χ2n) is 5.33. The molecule has 6 nitrogen and oxygen atoms in total. The lowest BCUT2D eigenvalue weighted by Gasteiger charge is -2.15. The first-order valence-corrected chi connectivity index (χ1v) is 9.57. The highest BCUT2D eigenvalue weighted by Crippen LogP contribution is 2.24. The minimum absolute atomic E-state index is 0.0765. The third-order valence-electron chi connectivity index (χ3n) is 3.79. The van der Waals surface area contributed by atoms with E-state index in [4.69, 9.17) is 10.7 Å². The van der Waals surface area contributed by atoms with Crippen LogP contribution in [-0.4, -0.2) is 30.6 Å². The van der Waals surface area contributed by atoms with E-state index < -0.39 is 15.0 Å². The van der Waals surface area contributed by atoms with Crippen LogP contribution in [-0.2, 0) is 15.5 Å². The molecule has 1 aromatic heterocycles. The molecule has 1 saturated carbocycles. The van der Waals surface area contributed by atoms with Crippen molar-refractivity contribution in [2.75, 3.05) is 0 Å². The Bertz CT molecular complexity index is 604. The van der Waals surface area contributed by atoms with Gasteiger partial charge in [-0.25, -0.2) is 8.42 Å². The SMILES string of the molecule is CCc1[nH]nc(C(=O)NC2CCCCCC2)c1S(=O)(=O)Cl. The summed E-state index contributed by atoms with van der Waals surface area (Å²) in [7, 11) is 1.43. The molecule has 21 heavy (non-hydrogen) atoms. The average Bonchev–Trinajstić information content (AvgIpc) is 2.71. The Balaban J connectivity index is 2.21. The van der Waals surface area contributed by atoms with E-state index >= 15 is 0 Å². The summed E-state index contributed by atoms with van der Waals surface area (Å²) in [4.78, 5) is 12.1. The number of rotatable bonds is 4. The van der Waals surface area contributed by atoms with Gasteiger partial charge in [0.25, 0.3) is 15.0 Å². The maximum Gasteiger partial charge on any atom is 0.273 e. The van der Waals surface area contributed by atoms with Gasteiger partial charge in [-0.15, -0.1) is 0 Å². The Kier molecular flexibility index (Phi) is 5.27. The maximum atomic E-state index is 12.3. The summed E-state index contributed by atoms with van der Waals surface area (Å²) in [5, 5.41) is 9.31. The normalized spacial score (nSPS) is 17.4. The lowest BCUT2D eigenvalue weighted by molar-refractivity contribution is 0.0925. The van der Waals surface area contributed by atoms with Crippen molar-refractivity contribution in [1.82, 2.24) is 15.5 Å². The van der Waals surface area contributed by atoms with Crippen LogP contribution < -0.4 is 5.32 Å². The number of nitrogens with one attached hydrogen (secondary N) is 2. The maximum absolute atomic E-state index is 12.3. The third-order valence-corrected chi connectivity index (χ3v) is 5.18. The largest absolute Gasteiger partial charge is 0.348 e. The summed E-state index contributed by atoms with van der Waals surface area (Å²) in [6.45, 7) is 1.77. The molecule has 1 aliphatic carbocycles. The molecule has 0 atom stereocenters. The number of halogens is 1. The second-order valence-corrected chi connectivity index (χ2v) is 7.84. The van der Waals surface area contributed by atoms with Gasteiger partial charge in [0.05, 0.1) is 5.69 Å². The van der Waals surface area contributed by atoms with Crippen molar-refractivity contribution >= 4 is 25.6 Å². The molecular weight excluding hydrogens is 314 g/mol. The highest BCUT2D eigenvalue weighted by atomic mass is 35.7. The molecule has 1 amide bonds. The number of aryl methyl sites for hydroxylation is 1. The van der Waals surface area contributed by atoms with Gasteiger partial charge in [-0.1, -0.05) is 32.6 Å². The first-order chi connectivity index (χ1) is 9.93. The van der Waals surface area contributed by atoms with Crippen LogP contribution in [0.3, 0.4) is 0 Å². The molecule has 0 bridgehead atoms. The number of hydrogen-bond donors (Lipinski definition) is 2. The van der Waals surface area contributed by atoms with Crippen LogP contribution in [0.25, 0.3) is 0 Å². The number of amides is 1. The van der Waals surface area contributed by atoms with Gasteiger partial charge in [0, 0.05) is 16.7 Å². The number of nitrogens with zero attached hydrogens (tertiary/aromatic N) is 1. The molecule has 0 radical (unpaired) electrons. The van der Waals surface area contributed by atoms with Gasteiger partial charge in [-0.05, 0) is 19.3 Å². The van der Waals surface area contributed by atoms with Gasteiger partial charge in [0.1, 0.15) is 4.90 Å². The van der Waals surface area contributed by atoms with E-state index in [1.807, 2.05) is 0 Å². The zero-order valence-corrected chi connectivity index (χ0v) is 13.6. The van der Waals surface area contributed by atoms with E-state index in [1.165, 1.54) is 12.8 Å². The lowest BCUT2D eigenvalue weighted by Crippen LogP contribution is -2.35. The smallest absolute Gasteiger partial charge is 0.273 e. The molecule has 1 aliphatic rings. The predicted octanol–water partition coefficient (Wildman–Crippen LogP) is 2.35. The Morgan fingerprint density at radius 1 is 1.33 bits per heavy atom. The fraction of sp³-hybridized carbons (Fsp3) is 0.692. The topological polar surface area (TPSA) is 91.9 Å². The first kappa shape index (κ1) is 16.3. The summed E-state index contributed by atoms with van der Waals surface area (Å²) >= 11 is 0. The van der Waals surface area contributed by atoms with Crippen molar-refractivity contribution in [2.24, 2.45) is 0 Å². The zero-order valence-electron chi connectivity index (χ0n) is 12.0. The quantitative estimate of drug-likeness (QED) is 0.653. The first-order valence-electron chi connectivity index (χ1n) is 7.26. The van der Waals surface area contributed by atoms with E-state index in [0.717, 1.165) is 25.7 Å². The van der Waals surface area contributed by atoms with E-state index in [0.29, 0.717) is 12.1 Å². The molecule has 1 aromatic rings. The average molecular weight is 334 g/mol. The highest BCUT2D eigenvalue weighted by molar-refractivity contribution is 8.13. The number of aromatic amines is 1. The molecule has 0 aliphatic heterocycles. The van der Waals surface area contributed by atoms with Crippen LogP contribution in [0.4, 0.5) is 0 Å². The molecule has 0 saturated heterocycles. The van der Waals surface area contributed by atoms with Crippen molar-refractivity contribution in [2.45, 2.75) is 62.8 Å². The molecule has 2 N–H and O–H groups in total. The Morgan fingerprint density at radius 2 is 1.95 bits per heavy atom. The molecule has 118 valence electrons. The van der Waals surface area contributed by atoms with E-state index in [9.17, 15) is 13.2 Å². The van der Waals surface area contributed by atoms with Crippen LogP contribution in [0.2, 0.25) is 0 Å². The number of aromatic nitrogens is 2. The molecule has 0 unspecified atom stereocenters. The van der Waals surface area contributed by atoms with Crippen LogP contribution in [0.15, 0.2) is 4.90 Å². The fourth-order valence-electron chi connectivity index (χ4n) is 2.70. The van der Waals surface area contributed by atoms with Crippen LogP contribution in [0.1, 0.15) is 61.6 Å². The van der Waals surface area contributed by atoms with E-state index in [2.05, 4.69) is 15.5 Å². The van der Waals surface area contributed by atoms with Crippen molar-refractivity contribution in [1.29, 1.82) is 0 Å². The van der Waals surface area contributed by atoms with Gasteiger partial charge in [0.2, 0.25) is 0 Å². The fourth-order valence-corrected chi connectivity index (χ4v) is 4.05. The summed E-state index contributed by atoms with van der Waals surface area (Å²) in [5.74, 6) is -0.475.